The first-order valence-corrected chi connectivity index (χ1v) is 12.7. The van der Waals surface area contributed by atoms with Crippen molar-refractivity contribution in [1.29, 1.82) is 0 Å². The number of hydrogen-bond acceptors (Lipinski definition) is 4. The minimum atomic E-state index is -4.07. The van der Waals surface area contributed by atoms with E-state index < -0.39 is 19.4 Å². The van der Waals surface area contributed by atoms with E-state index in [1.54, 1.807) is 66.9 Å². The van der Waals surface area contributed by atoms with Crippen LogP contribution in [0.15, 0.2) is 121 Å². The lowest BCUT2D eigenvalue weighted by Gasteiger charge is -2.36. The first-order chi connectivity index (χ1) is 17.1. The van der Waals surface area contributed by atoms with E-state index in [2.05, 4.69) is 5.32 Å². The third-order valence-corrected chi connectivity index (χ3v) is 7.52. The van der Waals surface area contributed by atoms with Gasteiger partial charge in [-0.3, -0.25) is 4.90 Å². The first kappa shape index (κ1) is 22.5. The molecular weight excluding hydrogens is 459 g/mol. The molecule has 0 aliphatic carbocycles. The van der Waals surface area contributed by atoms with Gasteiger partial charge < -0.3 is 14.4 Å². The average molecular weight is 482 g/mol. The Bertz CT molecular complexity index is 1330. The third-order valence-electron chi connectivity index (χ3n) is 5.46. The molecule has 35 heavy (non-hydrogen) atoms. The van der Waals surface area contributed by atoms with Crippen molar-refractivity contribution >= 4 is 25.4 Å². The number of rotatable bonds is 6. The fourth-order valence-electron chi connectivity index (χ4n) is 3.88. The summed E-state index contributed by atoms with van der Waals surface area (Å²) >= 11 is 0. The number of carbonyl (C=O) groups excluding carboxylic acids is 1. The molecule has 7 heteroatoms. The predicted octanol–water partition coefficient (Wildman–Crippen LogP) is 7.55. The summed E-state index contributed by atoms with van der Waals surface area (Å²) in [7, 11) is -4.07. The lowest BCUT2D eigenvalue weighted by molar-refractivity contribution is 0.218. The van der Waals surface area contributed by atoms with Gasteiger partial charge >= 0.3 is 13.6 Å². The number of anilines is 1. The van der Waals surface area contributed by atoms with E-state index >= 15 is 0 Å². The number of nitrogens with zero attached hydrogens (tertiary/aromatic N) is 1. The summed E-state index contributed by atoms with van der Waals surface area (Å²) in [5, 5.41) is 2.88. The molecule has 2 amide bonds. The molecular formula is C28H23N2O4P. The van der Waals surface area contributed by atoms with Gasteiger partial charge in [0.15, 0.2) is 5.78 Å². The molecule has 0 aromatic heterocycles. The summed E-state index contributed by atoms with van der Waals surface area (Å²) < 4.78 is 27.0. The number of carbonyl (C=O) groups is 1. The number of hydrogen-bond donors (Lipinski definition) is 1. The number of para-hydroxylation sites is 3. The number of fused-ring (bicyclic) bond motifs is 1. The van der Waals surface area contributed by atoms with Gasteiger partial charge in [0.05, 0.1) is 0 Å². The van der Waals surface area contributed by atoms with Gasteiger partial charge in [-0.2, -0.15) is 0 Å². The minimum absolute atomic E-state index is 0.377. The molecule has 0 saturated heterocycles. The maximum Gasteiger partial charge on any atom is 0.458 e. The fraction of sp³-hybridized carbons (Fsp3) is 0.0357. The molecule has 4 aromatic carbocycles. The lowest BCUT2D eigenvalue weighted by Crippen LogP contribution is -2.37. The number of amides is 2. The zero-order valence-electron chi connectivity index (χ0n) is 18.7. The molecule has 1 aliphatic heterocycles. The molecule has 5 rings (SSSR count). The molecule has 1 aliphatic rings. The Morgan fingerprint density at radius 3 is 1.83 bits per heavy atom. The van der Waals surface area contributed by atoms with Crippen molar-refractivity contribution in [3.05, 3.63) is 133 Å². The van der Waals surface area contributed by atoms with E-state index in [1.807, 2.05) is 60.7 Å². The van der Waals surface area contributed by atoms with Gasteiger partial charge in [0, 0.05) is 11.9 Å². The number of urea groups is 1. The van der Waals surface area contributed by atoms with Gasteiger partial charge in [0.2, 0.25) is 0 Å². The van der Waals surface area contributed by atoms with Crippen LogP contribution in [0.1, 0.15) is 16.9 Å². The standard InChI is InChI=1S/C28H23N2O4P/c31-28(29-23-13-4-1-5-14-23)30-21-20-22-12-10-11-19-26(22)27(30)35(32,33-24-15-6-2-7-16-24)34-25-17-8-3-9-18-25/h1-21,27H,(H,29,31). The van der Waals surface area contributed by atoms with Crippen LogP contribution in [0, 0.1) is 0 Å². The van der Waals surface area contributed by atoms with Gasteiger partial charge in [-0.1, -0.05) is 78.9 Å². The van der Waals surface area contributed by atoms with E-state index in [1.165, 1.54) is 4.90 Å². The van der Waals surface area contributed by atoms with E-state index in [-0.39, 0.29) is 0 Å². The molecule has 0 radical (unpaired) electrons. The van der Waals surface area contributed by atoms with Crippen LogP contribution in [0.2, 0.25) is 0 Å². The summed E-state index contributed by atoms with van der Waals surface area (Å²) in [4.78, 5) is 14.8. The van der Waals surface area contributed by atoms with Crippen LogP contribution in [-0.4, -0.2) is 10.9 Å². The Morgan fingerprint density at radius 2 is 1.23 bits per heavy atom. The molecule has 4 aromatic rings. The number of benzene rings is 4. The molecule has 1 unspecified atom stereocenters. The van der Waals surface area contributed by atoms with Crippen molar-refractivity contribution in [1.82, 2.24) is 4.90 Å². The third kappa shape index (κ3) is 4.98. The second-order valence-electron chi connectivity index (χ2n) is 7.87. The molecule has 174 valence electrons. The monoisotopic (exact) mass is 482 g/mol. The average Bonchev–Trinajstić information content (AvgIpc) is 2.89. The van der Waals surface area contributed by atoms with Crippen LogP contribution in [0.3, 0.4) is 0 Å². The van der Waals surface area contributed by atoms with Crippen molar-refractivity contribution in [2.75, 3.05) is 5.32 Å². The van der Waals surface area contributed by atoms with Crippen LogP contribution < -0.4 is 14.4 Å². The van der Waals surface area contributed by atoms with Gasteiger partial charge in [-0.25, -0.2) is 9.36 Å². The second-order valence-corrected chi connectivity index (χ2v) is 9.80. The molecule has 1 N–H and O–H groups in total. The molecule has 0 saturated carbocycles. The van der Waals surface area contributed by atoms with Gasteiger partial charge in [0.1, 0.15) is 11.5 Å². The van der Waals surface area contributed by atoms with Gasteiger partial charge in [0.25, 0.3) is 0 Å². The molecule has 0 fully saturated rings. The Labute approximate surface area is 204 Å². The summed E-state index contributed by atoms with van der Waals surface area (Å²) in [5.41, 5.74) is 2.11. The predicted molar refractivity (Wildman–Crippen MR) is 137 cm³/mol. The highest BCUT2D eigenvalue weighted by Crippen LogP contribution is 2.63. The highest BCUT2D eigenvalue weighted by molar-refractivity contribution is 7.55. The van der Waals surface area contributed by atoms with Crippen LogP contribution in [0.25, 0.3) is 6.08 Å². The summed E-state index contributed by atoms with van der Waals surface area (Å²) in [5.74, 6) is -0.280. The summed E-state index contributed by atoms with van der Waals surface area (Å²) in [6, 6.07) is 33.8. The van der Waals surface area contributed by atoms with Gasteiger partial charge in [-0.05, 0) is 53.6 Å². The Hall–Kier alpha value is -4.28. The molecule has 0 bridgehead atoms. The minimum Gasteiger partial charge on any atom is -0.414 e. The van der Waals surface area contributed by atoms with E-state index in [0.717, 1.165) is 5.56 Å². The smallest absolute Gasteiger partial charge is 0.414 e. The van der Waals surface area contributed by atoms with Crippen LogP contribution >= 0.6 is 7.60 Å². The van der Waals surface area contributed by atoms with Crippen LogP contribution in [0.5, 0.6) is 11.5 Å². The number of nitrogens with one attached hydrogen (secondary N) is 1. The largest absolute Gasteiger partial charge is 0.458 e. The Morgan fingerprint density at radius 1 is 0.714 bits per heavy atom. The van der Waals surface area contributed by atoms with Crippen molar-refractivity contribution in [3.63, 3.8) is 0 Å². The van der Waals surface area contributed by atoms with Gasteiger partial charge in [-0.15, -0.1) is 0 Å². The quantitative estimate of drug-likeness (QED) is 0.288. The van der Waals surface area contributed by atoms with Crippen LogP contribution in [-0.2, 0) is 4.57 Å². The zero-order chi connectivity index (χ0) is 24.1. The fourth-order valence-corrected chi connectivity index (χ4v) is 6.01. The second kappa shape index (κ2) is 9.92. The van der Waals surface area contributed by atoms with Crippen LogP contribution in [0.4, 0.5) is 10.5 Å². The first-order valence-electron chi connectivity index (χ1n) is 11.1. The Kier molecular flexibility index (Phi) is 6.38. The maximum atomic E-state index is 14.7. The molecule has 0 spiro atoms. The Balaban J connectivity index is 1.60. The summed E-state index contributed by atoms with van der Waals surface area (Å²) in [6.07, 6.45) is 3.42. The molecule has 1 atom stereocenters. The van der Waals surface area contributed by atoms with Crippen molar-refractivity contribution < 1.29 is 18.4 Å². The van der Waals surface area contributed by atoms with Crippen molar-refractivity contribution in [2.45, 2.75) is 5.78 Å². The highest BCUT2D eigenvalue weighted by atomic mass is 31.2. The highest BCUT2D eigenvalue weighted by Gasteiger charge is 2.48. The summed E-state index contributed by atoms with van der Waals surface area (Å²) in [6.45, 7) is 0. The van der Waals surface area contributed by atoms with E-state index in [9.17, 15) is 9.36 Å². The van der Waals surface area contributed by atoms with E-state index in [0.29, 0.717) is 22.7 Å². The lowest BCUT2D eigenvalue weighted by atomic mass is 10.0. The zero-order valence-corrected chi connectivity index (χ0v) is 19.6. The van der Waals surface area contributed by atoms with Crippen molar-refractivity contribution in [2.24, 2.45) is 0 Å². The maximum absolute atomic E-state index is 14.7. The molecule has 1 heterocycles. The normalized spacial score (nSPS) is 14.6. The van der Waals surface area contributed by atoms with E-state index in [4.69, 9.17) is 9.05 Å². The van der Waals surface area contributed by atoms with Crippen molar-refractivity contribution in [3.8, 4) is 11.5 Å². The SMILES string of the molecule is O=C(Nc1ccccc1)N1C=Cc2ccccc2C1P(=O)(Oc1ccccc1)Oc1ccccc1. The topological polar surface area (TPSA) is 67.9 Å². The molecule has 6 nitrogen and oxygen atoms in total.